The molecule has 1 N–H and O–H groups in total. The second-order valence-electron chi connectivity index (χ2n) is 3.78. The van der Waals surface area contributed by atoms with E-state index < -0.39 is 5.60 Å². The Morgan fingerprint density at radius 2 is 1.83 bits per heavy atom. The van der Waals surface area contributed by atoms with Crippen LogP contribution in [0.4, 0.5) is 0 Å². The maximum absolute atomic E-state index is 12.1. The monoisotopic (exact) mass is 259 g/mol. The van der Waals surface area contributed by atoms with Crippen molar-refractivity contribution >= 4 is 16.9 Å². The molecule has 4 heteroatoms. The van der Waals surface area contributed by atoms with Gasteiger partial charge in [-0.2, -0.15) is 0 Å². The molecule has 2 aromatic rings. The van der Waals surface area contributed by atoms with Gasteiger partial charge in [0.15, 0.2) is 0 Å². The number of pyridine rings is 1. The van der Waals surface area contributed by atoms with Crippen LogP contribution in [0.5, 0.6) is 0 Å². The minimum absolute atomic E-state index is 0.340. The molecule has 0 saturated heterocycles. The molecule has 1 heterocycles. The van der Waals surface area contributed by atoms with E-state index >= 15 is 0 Å². The minimum Gasteiger partial charge on any atom is -0.371 e. The van der Waals surface area contributed by atoms with Crippen LogP contribution >= 0.6 is 11.8 Å². The summed E-state index contributed by atoms with van der Waals surface area (Å²) in [6.45, 7) is 0. The predicted octanol–water partition coefficient (Wildman–Crippen LogP) is 2.21. The summed E-state index contributed by atoms with van der Waals surface area (Å²) in [5, 5.41) is 10.4. The molecular formula is C14H13NO2S. The quantitative estimate of drug-likeness (QED) is 0.918. The van der Waals surface area contributed by atoms with Gasteiger partial charge in [0.05, 0.1) is 5.69 Å². The first-order chi connectivity index (χ1) is 8.69. The fourth-order valence-electron chi connectivity index (χ4n) is 1.77. The number of hydrogen-bond donors (Lipinski definition) is 1. The standard InChI is InChI=1S/C14H13NO2S/c1-18-13(16)14(17,11-7-3-2-4-8-11)12-9-5-6-10-15-12/h2-10,17H,1H3. The van der Waals surface area contributed by atoms with Crippen LogP contribution in [0.15, 0.2) is 54.7 Å². The van der Waals surface area contributed by atoms with Crippen LogP contribution in [0.3, 0.4) is 0 Å². The lowest BCUT2D eigenvalue weighted by atomic mass is 9.91. The lowest BCUT2D eigenvalue weighted by Crippen LogP contribution is -2.35. The Balaban J connectivity index is 2.59. The molecule has 0 aliphatic carbocycles. The van der Waals surface area contributed by atoms with Gasteiger partial charge in [0, 0.05) is 6.20 Å². The summed E-state index contributed by atoms with van der Waals surface area (Å²) in [5.74, 6) is 0. The average Bonchev–Trinajstić information content (AvgIpc) is 2.47. The van der Waals surface area contributed by atoms with E-state index in [0.717, 1.165) is 11.8 Å². The molecule has 18 heavy (non-hydrogen) atoms. The van der Waals surface area contributed by atoms with Crippen molar-refractivity contribution in [2.75, 3.05) is 6.26 Å². The smallest absolute Gasteiger partial charge is 0.231 e. The van der Waals surface area contributed by atoms with E-state index in [9.17, 15) is 9.90 Å². The Hall–Kier alpha value is -1.65. The molecule has 0 aliphatic heterocycles. The Labute approximate surface area is 110 Å². The topological polar surface area (TPSA) is 50.2 Å². The molecule has 1 unspecified atom stereocenters. The number of carbonyl (C=O) groups is 1. The second kappa shape index (κ2) is 5.33. The van der Waals surface area contributed by atoms with E-state index in [4.69, 9.17) is 0 Å². The molecule has 0 radical (unpaired) electrons. The largest absolute Gasteiger partial charge is 0.371 e. The maximum atomic E-state index is 12.1. The van der Waals surface area contributed by atoms with Crippen LogP contribution in [0.1, 0.15) is 11.3 Å². The summed E-state index contributed by atoms with van der Waals surface area (Å²) in [7, 11) is 0. The number of benzene rings is 1. The van der Waals surface area contributed by atoms with E-state index in [-0.39, 0.29) is 5.12 Å². The number of carbonyl (C=O) groups excluding carboxylic acids is 1. The molecule has 0 aliphatic rings. The summed E-state index contributed by atoms with van der Waals surface area (Å²) in [4.78, 5) is 16.2. The van der Waals surface area contributed by atoms with Crippen LogP contribution in [0, 0.1) is 0 Å². The summed E-state index contributed by atoms with van der Waals surface area (Å²) in [5.41, 5.74) is -0.819. The van der Waals surface area contributed by atoms with Crippen LogP contribution in [0.2, 0.25) is 0 Å². The fourth-order valence-corrected chi connectivity index (χ4v) is 2.29. The first-order valence-corrected chi connectivity index (χ1v) is 6.70. The number of hydrogen-bond acceptors (Lipinski definition) is 4. The molecule has 1 aromatic heterocycles. The second-order valence-corrected chi connectivity index (χ2v) is 4.56. The average molecular weight is 259 g/mol. The SMILES string of the molecule is CSC(=O)C(O)(c1ccccc1)c1ccccn1. The number of aliphatic hydroxyl groups is 1. The highest BCUT2D eigenvalue weighted by atomic mass is 32.2. The van der Waals surface area contributed by atoms with Gasteiger partial charge in [-0.15, -0.1) is 0 Å². The zero-order valence-electron chi connectivity index (χ0n) is 9.91. The normalized spacial score (nSPS) is 13.9. The Morgan fingerprint density at radius 3 is 2.39 bits per heavy atom. The Kier molecular flexibility index (Phi) is 3.79. The molecule has 3 nitrogen and oxygen atoms in total. The highest BCUT2D eigenvalue weighted by molar-refractivity contribution is 8.13. The van der Waals surface area contributed by atoms with Crippen molar-refractivity contribution in [1.29, 1.82) is 0 Å². The molecule has 0 fully saturated rings. The van der Waals surface area contributed by atoms with Crippen molar-refractivity contribution in [2.45, 2.75) is 5.60 Å². The van der Waals surface area contributed by atoms with E-state index in [0.29, 0.717) is 11.3 Å². The van der Waals surface area contributed by atoms with Gasteiger partial charge in [-0.05, 0) is 24.0 Å². The molecule has 92 valence electrons. The molecular weight excluding hydrogens is 246 g/mol. The summed E-state index contributed by atoms with van der Waals surface area (Å²) < 4.78 is 0. The highest BCUT2D eigenvalue weighted by Crippen LogP contribution is 2.32. The van der Waals surface area contributed by atoms with Crippen molar-refractivity contribution in [3.63, 3.8) is 0 Å². The number of rotatable bonds is 3. The molecule has 0 amide bonds. The van der Waals surface area contributed by atoms with Gasteiger partial charge in [-0.25, -0.2) is 0 Å². The fraction of sp³-hybridized carbons (Fsp3) is 0.143. The summed E-state index contributed by atoms with van der Waals surface area (Å²) in [6.07, 6.45) is 3.22. The van der Waals surface area contributed by atoms with Crippen molar-refractivity contribution in [1.82, 2.24) is 4.98 Å². The van der Waals surface area contributed by atoms with Crippen LogP contribution in [-0.4, -0.2) is 21.5 Å². The van der Waals surface area contributed by atoms with E-state index in [1.165, 1.54) is 0 Å². The lowest BCUT2D eigenvalue weighted by molar-refractivity contribution is -0.125. The predicted molar refractivity (Wildman–Crippen MR) is 72.2 cm³/mol. The van der Waals surface area contributed by atoms with Crippen LogP contribution in [0.25, 0.3) is 0 Å². The van der Waals surface area contributed by atoms with Gasteiger partial charge < -0.3 is 5.11 Å². The van der Waals surface area contributed by atoms with Gasteiger partial charge in [0.1, 0.15) is 0 Å². The van der Waals surface area contributed by atoms with Crippen molar-refractivity contribution in [2.24, 2.45) is 0 Å². The molecule has 0 spiro atoms. The van der Waals surface area contributed by atoms with E-state index in [2.05, 4.69) is 4.98 Å². The third-order valence-corrected chi connectivity index (χ3v) is 3.37. The van der Waals surface area contributed by atoms with Gasteiger partial charge in [0.2, 0.25) is 10.7 Å². The van der Waals surface area contributed by atoms with Gasteiger partial charge in [-0.3, -0.25) is 9.78 Å². The number of thioether (sulfide) groups is 1. The minimum atomic E-state index is -1.69. The molecule has 2 rings (SSSR count). The van der Waals surface area contributed by atoms with E-state index in [1.807, 2.05) is 6.07 Å². The zero-order valence-corrected chi connectivity index (χ0v) is 10.7. The molecule has 1 aromatic carbocycles. The Morgan fingerprint density at radius 1 is 1.17 bits per heavy atom. The van der Waals surface area contributed by atoms with Crippen LogP contribution in [-0.2, 0) is 10.4 Å². The lowest BCUT2D eigenvalue weighted by Gasteiger charge is -2.25. The Bertz CT molecular complexity index is 489. The first-order valence-electron chi connectivity index (χ1n) is 5.47. The molecule has 0 saturated carbocycles. The van der Waals surface area contributed by atoms with Gasteiger partial charge in [-0.1, -0.05) is 48.2 Å². The van der Waals surface area contributed by atoms with Crippen molar-refractivity contribution < 1.29 is 9.90 Å². The van der Waals surface area contributed by atoms with E-state index in [1.54, 1.807) is 54.9 Å². The van der Waals surface area contributed by atoms with Gasteiger partial charge in [0.25, 0.3) is 0 Å². The highest BCUT2D eigenvalue weighted by Gasteiger charge is 2.40. The number of nitrogens with zero attached hydrogens (tertiary/aromatic N) is 1. The third-order valence-electron chi connectivity index (χ3n) is 2.71. The summed E-state index contributed by atoms with van der Waals surface area (Å²) >= 11 is 0.993. The summed E-state index contributed by atoms with van der Waals surface area (Å²) in [6, 6.07) is 14.0. The maximum Gasteiger partial charge on any atom is 0.231 e. The van der Waals surface area contributed by atoms with Gasteiger partial charge >= 0.3 is 0 Å². The number of aromatic nitrogens is 1. The van der Waals surface area contributed by atoms with Crippen LogP contribution < -0.4 is 0 Å². The third kappa shape index (κ3) is 2.17. The molecule has 0 bridgehead atoms. The first kappa shape index (κ1) is 12.8. The molecule has 1 atom stereocenters. The van der Waals surface area contributed by atoms with Crippen molar-refractivity contribution in [3.8, 4) is 0 Å². The van der Waals surface area contributed by atoms with Crippen molar-refractivity contribution in [3.05, 3.63) is 66.0 Å². The zero-order chi connectivity index (χ0) is 13.0.